The molecule has 0 aliphatic carbocycles. The van der Waals surface area contributed by atoms with Crippen LogP contribution in [-0.4, -0.2) is 38.5 Å². The zero-order chi connectivity index (χ0) is 17.6. The van der Waals surface area contributed by atoms with E-state index in [-0.39, 0.29) is 11.7 Å². The Kier molecular flexibility index (Phi) is 5.67. The van der Waals surface area contributed by atoms with Crippen molar-refractivity contribution in [1.82, 2.24) is 19.7 Å². The SMILES string of the molecule is COc1ccc(Cc2nnc(SCC(=O)Nc3nccs3)n2C)cc1. The Balaban J connectivity index is 1.57. The van der Waals surface area contributed by atoms with Crippen molar-refractivity contribution in [1.29, 1.82) is 0 Å². The van der Waals surface area contributed by atoms with E-state index in [1.165, 1.54) is 23.1 Å². The number of methoxy groups -OCH3 is 1. The molecule has 3 rings (SSSR count). The number of hydrogen-bond donors (Lipinski definition) is 1. The van der Waals surface area contributed by atoms with Gasteiger partial charge < -0.3 is 14.6 Å². The number of anilines is 1. The molecule has 0 atom stereocenters. The fraction of sp³-hybridized carbons (Fsp3) is 0.250. The van der Waals surface area contributed by atoms with Gasteiger partial charge >= 0.3 is 0 Å². The van der Waals surface area contributed by atoms with Gasteiger partial charge in [-0.25, -0.2) is 4.98 Å². The number of hydrogen-bond acceptors (Lipinski definition) is 7. The summed E-state index contributed by atoms with van der Waals surface area (Å²) in [6.07, 6.45) is 2.32. The Bertz CT molecular complexity index is 831. The molecule has 1 aromatic carbocycles. The van der Waals surface area contributed by atoms with Crippen LogP contribution in [-0.2, 0) is 18.3 Å². The average Bonchev–Trinajstić information content (AvgIpc) is 3.25. The zero-order valence-corrected chi connectivity index (χ0v) is 15.4. The van der Waals surface area contributed by atoms with Crippen LogP contribution < -0.4 is 10.1 Å². The number of ether oxygens (including phenoxy) is 1. The maximum absolute atomic E-state index is 11.9. The van der Waals surface area contributed by atoms with Crippen molar-refractivity contribution in [2.24, 2.45) is 7.05 Å². The maximum atomic E-state index is 11.9. The average molecular weight is 375 g/mol. The van der Waals surface area contributed by atoms with Gasteiger partial charge in [-0.2, -0.15) is 0 Å². The smallest absolute Gasteiger partial charge is 0.236 e. The van der Waals surface area contributed by atoms with Crippen molar-refractivity contribution in [2.45, 2.75) is 11.6 Å². The van der Waals surface area contributed by atoms with E-state index in [1.54, 1.807) is 13.3 Å². The topological polar surface area (TPSA) is 81.9 Å². The van der Waals surface area contributed by atoms with Crippen molar-refractivity contribution in [3.63, 3.8) is 0 Å². The third kappa shape index (κ3) is 4.58. The Morgan fingerprint density at radius 1 is 1.32 bits per heavy atom. The van der Waals surface area contributed by atoms with E-state index in [9.17, 15) is 4.79 Å². The van der Waals surface area contributed by atoms with E-state index in [0.29, 0.717) is 16.7 Å². The molecule has 7 nitrogen and oxygen atoms in total. The fourth-order valence-electron chi connectivity index (χ4n) is 2.12. The fourth-order valence-corrected chi connectivity index (χ4v) is 3.40. The minimum absolute atomic E-state index is 0.111. The van der Waals surface area contributed by atoms with Gasteiger partial charge in [-0.3, -0.25) is 4.79 Å². The van der Waals surface area contributed by atoms with Gasteiger partial charge in [0.1, 0.15) is 11.6 Å². The van der Waals surface area contributed by atoms with Crippen molar-refractivity contribution >= 4 is 34.1 Å². The molecule has 130 valence electrons. The van der Waals surface area contributed by atoms with Crippen LogP contribution in [0.4, 0.5) is 5.13 Å². The molecule has 25 heavy (non-hydrogen) atoms. The van der Waals surface area contributed by atoms with Gasteiger partial charge in [0, 0.05) is 25.0 Å². The molecule has 0 saturated heterocycles. The Labute approximate surface area is 153 Å². The molecule has 0 saturated carbocycles. The van der Waals surface area contributed by atoms with E-state index in [0.717, 1.165) is 17.1 Å². The highest BCUT2D eigenvalue weighted by atomic mass is 32.2. The van der Waals surface area contributed by atoms with Crippen LogP contribution in [0.1, 0.15) is 11.4 Å². The number of carbonyl (C=O) groups excluding carboxylic acids is 1. The summed E-state index contributed by atoms with van der Waals surface area (Å²) in [6, 6.07) is 7.85. The Morgan fingerprint density at radius 2 is 2.12 bits per heavy atom. The zero-order valence-electron chi connectivity index (χ0n) is 13.8. The van der Waals surface area contributed by atoms with Gasteiger partial charge in [0.05, 0.1) is 12.9 Å². The summed E-state index contributed by atoms with van der Waals surface area (Å²) in [7, 11) is 3.55. The van der Waals surface area contributed by atoms with Crippen molar-refractivity contribution in [3.05, 3.63) is 47.2 Å². The van der Waals surface area contributed by atoms with Crippen molar-refractivity contribution in [3.8, 4) is 5.75 Å². The molecule has 9 heteroatoms. The summed E-state index contributed by atoms with van der Waals surface area (Å²) in [6.45, 7) is 0. The van der Waals surface area contributed by atoms with E-state index in [2.05, 4.69) is 20.5 Å². The predicted molar refractivity (Wildman–Crippen MR) is 98.3 cm³/mol. The molecule has 0 bridgehead atoms. The summed E-state index contributed by atoms with van der Waals surface area (Å²) in [5.41, 5.74) is 1.12. The number of carbonyl (C=O) groups is 1. The van der Waals surface area contributed by atoms with Crippen molar-refractivity contribution < 1.29 is 9.53 Å². The summed E-state index contributed by atoms with van der Waals surface area (Å²) >= 11 is 2.74. The molecule has 0 spiro atoms. The molecule has 1 amide bonds. The molecule has 0 unspecified atom stereocenters. The first kappa shape index (κ1) is 17.4. The van der Waals surface area contributed by atoms with Gasteiger partial charge in [0.15, 0.2) is 10.3 Å². The monoisotopic (exact) mass is 375 g/mol. The number of thioether (sulfide) groups is 1. The normalized spacial score (nSPS) is 10.6. The molecule has 0 radical (unpaired) electrons. The van der Waals surface area contributed by atoms with Crippen LogP contribution in [0.5, 0.6) is 5.75 Å². The van der Waals surface area contributed by atoms with Gasteiger partial charge in [-0.05, 0) is 17.7 Å². The highest BCUT2D eigenvalue weighted by Crippen LogP contribution is 2.19. The highest BCUT2D eigenvalue weighted by Gasteiger charge is 2.12. The number of thiazole rings is 1. The number of nitrogens with zero attached hydrogens (tertiary/aromatic N) is 4. The summed E-state index contributed by atoms with van der Waals surface area (Å²) in [5.74, 6) is 1.81. The highest BCUT2D eigenvalue weighted by molar-refractivity contribution is 7.99. The lowest BCUT2D eigenvalue weighted by Gasteiger charge is -2.05. The third-order valence-electron chi connectivity index (χ3n) is 3.46. The Morgan fingerprint density at radius 3 is 2.80 bits per heavy atom. The molecular formula is C16H17N5O2S2. The second-order valence-corrected chi connectivity index (χ2v) is 6.99. The molecule has 2 heterocycles. The first-order chi connectivity index (χ1) is 12.2. The largest absolute Gasteiger partial charge is 0.497 e. The maximum Gasteiger partial charge on any atom is 0.236 e. The van der Waals surface area contributed by atoms with E-state index < -0.39 is 0 Å². The van der Waals surface area contributed by atoms with Crippen LogP contribution in [0, 0.1) is 0 Å². The lowest BCUT2D eigenvalue weighted by molar-refractivity contribution is -0.113. The summed E-state index contributed by atoms with van der Waals surface area (Å²) < 4.78 is 7.07. The van der Waals surface area contributed by atoms with Crippen LogP contribution in [0.2, 0.25) is 0 Å². The van der Waals surface area contributed by atoms with Crippen LogP contribution in [0.25, 0.3) is 0 Å². The summed E-state index contributed by atoms with van der Waals surface area (Å²) in [4.78, 5) is 15.9. The number of benzene rings is 1. The number of nitrogens with one attached hydrogen (secondary N) is 1. The minimum Gasteiger partial charge on any atom is -0.497 e. The van der Waals surface area contributed by atoms with Gasteiger partial charge in [0.2, 0.25) is 5.91 Å². The summed E-state index contributed by atoms with van der Waals surface area (Å²) in [5, 5.41) is 14.3. The van der Waals surface area contributed by atoms with Crippen molar-refractivity contribution in [2.75, 3.05) is 18.2 Å². The van der Waals surface area contributed by atoms with E-state index in [4.69, 9.17) is 4.74 Å². The lowest BCUT2D eigenvalue weighted by Crippen LogP contribution is -2.14. The molecule has 3 aromatic rings. The van der Waals surface area contributed by atoms with Gasteiger partial charge in [-0.1, -0.05) is 23.9 Å². The molecule has 1 N–H and O–H groups in total. The molecule has 0 aliphatic rings. The molecule has 0 aliphatic heterocycles. The van der Waals surface area contributed by atoms with E-state index in [1.807, 2.05) is 41.3 Å². The second-order valence-electron chi connectivity index (χ2n) is 5.16. The minimum atomic E-state index is -0.111. The van der Waals surface area contributed by atoms with Gasteiger partial charge in [0.25, 0.3) is 0 Å². The van der Waals surface area contributed by atoms with Gasteiger partial charge in [-0.15, -0.1) is 21.5 Å². The standard InChI is InChI=1S/C16H17N5O2S2/c1-21-13(9-11-3-5-12(23-2)6-4-11)19-20-16(21)25-10-14(22)18-15-17-7-8-24-15/h3-8H,9-10H2,1-2H3,(H,17,18,22). The third-order valence-corrected chi connectivity index (χ3v) is 5.17. The number of rotatable bonds is 7. The predicted octanol–water partition coefficient (Wildman–Crippen LogP) is 2.60. The Hall–Kier alpha value is -2.39. The molecule has 2 aromatic heterocycles. The second kappa shape index (κ2) is 8.13. The van der Waals surface area contributed by atoms with Crippen LogP contribution >= 0.6 is 23.1 Å². The van der Waals surface area contributed by atoms with Crippen LogP contribution in [0.3, 0.4) is 0 Å². The quantitative estimate of drug-likeness (QED) is 0.639. The first-order valence-corrected chi connectivity index (χ1v) is 9.35. The lowest BCUT2D eigenvalue weighted by atomic mass is 10.1. The molecule has 0 fully saturated rings. The van der Waals surface area contributed by atoms with Crippen LogP contribution in [0.15, 0.2) is 41.0 Å². The number of aromatic nitrogens is 4. The first-order valence-electron chi connectivity index (χ1n) is 7.49. The molecular weight excluding hydrogens is 358 g/mol. The number of amides is 1. The van der Waals surface area contributed by atoms with E-state index >= 15 is 0 Å².